The molecular formula is C12H14FNO3. The van der Waals surface area contributed by atoms with Gasteiger partial charge in [-0.1, -0.05) is 13.0 Å². The van der Waals surface area contributed by atoms with Crippen molar-refractivity contribution >= 4 is 11.9 Å². The summed E-state index contributed by atoms with van der Waals surface area (Å²) >= 11 is 0. The molecule has 0 spiro atoms. The highest BCUT2D eigenvalue weighted by Gasteiger charge is 2.18. The third-order valence-electron chi connectivity index (χ3n) is 2.45. The number of carbonyl (C=O) groups excluding carboxylic acids is 1. The van der Waals surface area contributed by atoms with Crippen LogP contribution in [0.25, 0.3) is 0 Å². The maximum atomic E-state index is 13.2. The first-order valence-corrected chi connectivity index (χ1v) is 5.25. The Morgan fingerprint density at radius 3 is 2.59 bits per heavy atom. The van der Waals surface area contributed by atoms with Crippen LogP contribution in [0, 0.1) is 12.7 Å². The molecule has 0 fully saturated rings. The molecule has 17 heavy (non-hydrogen) atoms. The Hall–Kier alpha value is -1.91. The van der Waals surface area contributed by atoms with Crippen LogP contribution in [-0.4, -0.2) is 23.0 Å². The molecule has 1 aromatic carbocycles. The fourth-order valence-corrected chi connectivity index (χ4v) is 1.31. The Balaban J connectivity index is 2.82. The molecule has 0 saturated carbocycles. The second-order valence-corrected chi connectivity index (χ2v) is 3.74. The monoisotopic (exact) mass is 239 g/mol. The third-order valence-corrected chi connectivity index (χ3v) is 2.45. The normalized spacial score (nSPS) is 11.9. The predicted molar refractivity (Wildman–Crippen MR) is 60.3 cm³/mol. The van der Waals surface area contributed by atoms with Crippen molar-refractivity contribution in [1.82, 2.24) is 5.32 Å². The molecule has 1 rings (SSSR count). The van der Waals surface area contributed by atoms with Crippen LogP contribution in [0.2, 0.25) is 0 Å². The van der Waals surface area contributed by atoms with Crippen LogP contribution in [-0.2, 0) is 4.79 Å². The Labute approximate surface area is 98.5 Å². The molecule has 0 heterocycles. The van der Waals surface area contributed by atoms with Gasteiger partial charge in [0.15, 0.2) is 0 Å². The van der Waals surface area contributed by atoms with E-state index in [1.54, 1.807) is 13.8 Å². The van der Waals surface area contributed by atoms with E-state index in [1.165, 1.54) is 12.1 Å². The number of carbonyl (C=O) groups is 2. The maximum absolute atomic E-state index is 13.2. The van der Waals surface area contributed by atoms with Gasteiger partial charge in [-0.05, 0) is 31.0 Å². The van der Waals surface area contributed by atoms with Gasteiger partial charge in [0.1, 0.15) is 11.9 Å². The van der Waals surface area contributed by atoms with E-state index in [2.05, 4.69) is 5.32 Å². The highest BCUT2D eigenvalue weighted by atomic mass is 19.1. The first kappa shape index (κ1) is 13.2. The average molecular weight is 239 g/mol. The molecule has 1 unspecified atom stereocenters. The van der Waals surface area contributed by atoms with Gasteiger partial charge in [-0.25, -0.2) is 9.18 Å². The summed E-state index contributed by atoms with van der Waals surface area (Å²) in [6.07, 6.45) is 0.273. The van der Waals surface area contributed by atoms with E-state index in [4.69, 9.17) is 5.11 Å². The molecule has 0 aliphatic rings. The highest BCUT2D eigenvalue weighted by Crippen LogP contribution is 2.09. The zero-order chi connectivity index (χ0) is 13.0. The summed E-state index contributed by atoms with van der Waals surface area (Å²) in [6.45, 7) is 3.23. The van der Waals surface area contributed by atoms with Crippen LogP contribution in [0.3, 0.4) is 0 Å². The van der Waals surface area contributed by atoms with Crippen LogP contribution in [0.5, 0.6) is 0 Å². The van der Waals surface area contributed by atoms with Crippen molar-refractivity contribution in [2.24, 2.45) is 0 Å². The fraction of sp³-hybridized carbons (Fsp3) is 0.333. The lowest BCUT2D eigenvalue weighted by Gasteiger charge is -2.12. The molecular weight excluding hydrogens is 225 g/mol. The number of nitrogens with one attached hydrogen (secondary N) is 1. The third kappa shape index (κ3) is 3.27. The summed E-state index contributed by atoms with van der Waals surface area (Å²) in [4.78, 5) is 22.4. The van der Waals surface area contributed by atoms with Gasteiger partial charge < -0.3 is 10.4 Å². The summed E-state index contributed by atoms with van der Waals surface area (Å²) in [5.74, 6) is -2.17. The van der Waals surface area contributed by atoms with Crippen molar-refractivity contribution in [3.8, 4) is 0 Å². The Kier molecular flexibility index (Phi) is 4.20. The molecule has 0 saturated heterocycles. The molecule has 4 nitrogen and oxygen atoms in total. The maximum Gasteiger partial charge on any atom is 0.326 e. The van der Waals surface area contributed by atoms with E-state index in [0.29, 0.717) is 5.56 Å². The molecule has 92 valence electrons. The second kappa shape index (κ2) is 5.43. The summed E-state index contributed by atoms with van der Waals surface area (Å²) in [5, 5.41) is 11.1. The Morgan fingerprint density at radius 1 is 1.47 bits per heavy atom. The van der Waals surface area contributed by atoms with Gasteiger partial charge >= 0.3 is 5.97 Å². The molecule has 0 aromatic heterocycles. The zero-order valence-corrected chi connectivity index (χ0v) is 9.66. The number of benzene rings is 1. The van der Waals surface area contributed by atoms with Crippen LogP contribution >= 0.6 is 0 Å². The predicted octanol–water partition coefficient (Wildman–Crippen LogP) is 1.73. The van der Waals surface area contributed by atoms with Crippen LogP contribution in [0.15, 0.2) is 18.2 Å². The van der Waals surface area contributed by atoms with E-state index in [9.17, 15) is 14.0 Å². The average Bonchev–Trinajstić information content (AvgIpc) is 2.28. The minimum absolute atomic E-state index is 0.118. The van der Waals surface area contributed by atoms with E-state index in [1.807, 2.05) is 0 Å². The van der Waals surface area contributed by atoms with Crippen molar-refractivity contribution < 1.29 is 19.1 Å². The molecule has 0 radical (unpaired) electrons. The molecule has 0 aliphatic heterocycles. The number of rotatable bonds is 4. The Bertz CT molecular complexity index is 445. The number of carboxylic acids is 1. The minimum Gasteiger partial charge on any atom is -0.480 e. The highest BCUT2D eigenvalue weighted by molar-refractivity contribution is 5.96. The first-order valence-electron chi connectivity index (χ1n) is 5.25. The lowest BCUT2D eigenvalue weighted by molar-refractivity contribution is -0.139. The molecule has 1 amide bonds. The largest absolute Gasteiger partial charge is 0.480 e. The van der Waals surface area contributed by atoms with E-state index in [-0.39, 0.29) is 12.0 Å². The van der Waals surface area contributed by atoms with E-state index >= 15 is 0 Å². The standard InChI is InChI=1S/C12H14FNO3/c1-3-10(12(16)17)14-11(15)8-5-4-7(2)9(13)6-8/h4-6,10H,3H2,1-2H3,(H,14,15)(H,16,17). The molecule has 0 aliphatic carbocycles. The zero-order valence-electron chi connectivity index (χ0n) is 9.66. The summed E-state index contributed by atoms with van der Waals surface area (Å²) in [6, 6.07) is 3.08. The molecule has 1 aromatic rings. The number of aryl methyl sites for hydroxylation is 1. The SMILES string of the molecule is CCC(NC(=O)c1ccc(C)c(F)c1)C(=O)O. The summed E-state index contributed by atoms with van der Waals surface area (Å²) < 4.78 is 13.2. The van der Waals surface area contributed by atoms with Gasteiger partial charge in [0.25, 0.3) is 5.91 Å². The lowest BCUT2D eigenvalue weighted by Crippen LogP contribution is -2.40. The summed E-state index contributed by atoms with van der Waals surface area (Å²) in [5.41, 5.74) is 0.555. The molecule has 2 N–H and O–H groups in total. The van der Waals surface area contributed by atoms with Crippen LogP contribution in [0.4, 0.5) is 4.39 Å². The van der Waals surface area contributed by atoms with E-state index < -0.39 is 23.7 Å². The van der Waals surface area contributed by atoms with Crippen LogP contribution in [0.1, 0.15) is 29.3 Å². The van der Waals surface area contributed by atoms with Gasteiger partial charge in [0.2, 0.25) is 0 Å². The van der Waals surface area contributed by atoms with Crippen LogP contribution < -0.4 is 5.32 Å². The van der Waals surface area contributed by atoms with Crippen molar-refractivity contribution in [2.45, 2.75) is 26.3 Å². The number of amides is 1. The number of hydrogen-bond acceptors (Lipinski definition) is 2. The molecule has 0 bridgehead atoms. The van der Waals surface area contributed by atoms with Crippen molar-refractivity contribution in [2.75, 3.05) is 0 Å². The number of hydrogen-bond donors (Lipinski definition) is 2. The fourth-order valence-electron chi connectivity index (χ4n) is 1.31. The molecule has 1 atom stereocenters. The Morgan fingerprint density at radius 2 is 2.12 bits per heavy atom. The van der Waals surface area contributed by atoms with Crippen molar-refractivity contribution in [1.29, 1.82) is 0 Å². The van der Waals surface area contributed by atoms with Gasteiger partial charge in [-0.2, -0.15) is 0 Å². The van der Waals surface area contributed by atoms with Gasteiger partial charge in [0, 0.05) is 5.56 Å². The quantitative estimate of drug-likeness (QED) is 0.840. The number of halogens is 1. The lowest BCUT2D eigenvalue weighted by atomic mass is 10.1. The smallest absolute Gasteiger partial charge is 0.326 e. The van der Waals surface area contributed by atoms with Gasteiger partial charge in [-0.15, -0.1) is 0 Å². The van der Waals surface area contributed by atoms with Crippen molar-refractivity contribution in [3.05, 3.63) is 35.1 Å². The van der Waals surface area contributed by atoms with Gasteiger partial charge in [-0.3, -0.25) is 4.79 Å². The van der Waals surface area contributed by atoms with Gasteiger partial charge in [0.05, 0.1) is 0 Å². The first-order chi connectivity index (χ1) is 7.95. The number of carboxylic acid groups (broad SMARTS) is 1. The summed E-state index contributed by atoms with van der Waals surface area (Å²) in [7, 11) is 0. The second-order valence-electron chi connectivity index (χ2n) is 3.74. The topological polar surface area (TPSA) is 66.4 Å². The van der Waals surface area contributed by atoms with E-state index in [0.717, 1.165) is 6.07 Å². The van der Waals surface area contributed by atoms with Crippen molar-refractivity contribution in [3.63, 3.8) is 0 Å². The minimum atomic E-state index is -1.10. The molecule has 5 heteroatoms. The number of aliphatic carboxylic acids is 1.